The maximum atomic E-state index is 13.8. The van der Waals surface area contributed by atoms with Crippen molar-refractivity contribution in [1.82, 2.24) is 0 Å². The van der Waals surface area contributed by atoms with Crippen LogP contribution < -0.4 is 14.9 Å². The highest BCUT2D eigenvalue weighted by molar-refractivity contribution is 5.88. The third-order valence-corrected chi connectivity index (χ3v) is 7.49. The Labute approximate surface area is 258 Å². The zero-order chi connectivity index (χ0) is 33.4. The summed E-state index contributed by atoms with van der Waals surface area (Å²) in [5, 5.41) is 91.5. The number of aliphatic hydroxyl groups excluding tert-OH is 7. The monoisotopic (exact) mass is 652 g/mol. The van der Waals surface area contributed by atoms with Crippen molar-refractivity contribution in [1.29, 1.82) is 0 Å². The van der Waals surface area contributed by atoms with Crippen molar-refractivity contribution in [2.75, 3.05) is 13.2 Å². The normalized spacial score (nSPS) is 31.4. The number of aromatic hydroxyl groups is 2. The Morgan fingerprint density at radius 3 is 2.00 bits per heavy atom. The summed E-state index contributed by atoms with van der Waals surface area (Å²) in [6, 6.07) is 7.31. The summed E-state index contributed by atoms with van der Waals surface area (Å²) >= 11 is 0. The molecule has 0 unspecified atom stereocenters. The number of phenols is 2. The molecule has 0 saturated carbocycles. The minimum Gasteiger partial charge on any atom is -0.508 e. The topological polar surface area (TPSA) is 275 Å². The van der Waals surface area contributed by atoms with E-state index in [1.54, 1.807) is 0 Å². The summed E-state index contributed by atoms with van der Waals surface area (Å²) in [6.45, 7) is -0.151. The van der Waals surface area contributed by atoms with Gasteiger partial charge in [0.2, 0.25) is 23.8 Å². The van der Waals surface area contributed by atoms with E-state index in [2.05, 4.69) is 0 Å². The Morgan fingerprint density at radius 1 is 0.804 bits per heavy atom. The van der Waals surface area contributed by atoms with Gasteiger partial charge in [-0.15, -0.1) is 0 Å². The number of hydrogen-bond donors (Lipinski definition) is 9. The fraction of sp³-hybridized carbons (Fsp3) is 0.448. The molecule has 250 valence electrons. The van der Waals surface area contributed by atoms with Crippen molar-refractivity contribution < 1.29 is 78.9 Å². The van der Waals surface area contributed by atoms with Crippen LogP contribution in [0.15, 0.2) is 45.6 Å². The average molecular weight is 653 g/mol. The van der Waals surface area contributed by atoms with E-state index in [1.807, 2.05) is 0 Å². The lowest BCUT2D eigenvalue weighted by atomic mass is 9.99. The maximum absolute atomic E-state index is 13.8. The third-order valence-electron chi connectivity index (χ3n) is 7.49. The van der Waals surface area contributed by atoms with Gasteiger partial charge >= 0.3 is 5.97 Å². The van der Waals surface area contributed by atoms with Crippen LogP contribution in [0.3, 0.4) is 0 Å². The Kier molecular flexibility index (Phi) is 9.68. The number of rotatable bonds is 8. The first-order chi connectivity index (χ1) is 21.8. The second-order valence-corrected chi connectivity index (χ2v) is 10.7. The Morgan fingerprint density at radius 2 is 1.39 bits per heavy atom. The summed E-state index contributed by atoms with van der Waals surface area (Å²) in [5.41, 5.74) is -1.16. The predicted octanol–water partition coefficient (Wildman–Crippen LogP) is -2.20. The van der Waals surface area contributed by atoms with Crippen LogP contribution >= 0.6 is 0 Å². The minimum absolute atomic E-state index is 0.140. The number of carbonyl (C=O) groups excluding carboxylic acids is 1. The average Bonchev–Trinajstić information content (AvgIpc) is 3.02. The quantitative estimate of drug-likeness (QED) is 0.117. The minimum atomic E-state index is -1.92. The smallest absolute Gasteiger partial charge is 0.302 e. The van der Waals surface area contributed by atoms with Gasteiger partial charge < -0.3 is 74.1 Å². The molecular formula is C29H32O17. The standard InChI is InChI=1S/C29H32O17/c1-10(31)41-9-17-20(35)23(38)25(40)29(45-17)46-27-21(36)18-14(33)6-13(42-28-24(39)22(37)19(34)16(8-30)44-28)7-15(18)43-26(27)11-2-4-12(32)5-3-11/h2-7,16-17,19-20,22-25,28-30,32-35,37-40H,8-9H2,1H3/t16-,17-,19+,20+,22-,23-,24+,25-,28+,29-/m0/s1. The van der Waals surface area contributed by atoms with Gasteiger partial charge in [0.25, 0.3) is 0 Å². The van der Waals surface area contributed by atoms with Crippen LogP contribution in [0.5, 0.6) is 23.0 Å². The first kappa shape index (κ1) is 33.3. The van der Waals surface area contributed by atoms with Crippen LogP contribution in [0.4, 0.5) is 0 Å². The maximum Gasteiger partial charge on any atom is 0.302 e. The van der Waals surface area contributed by atoms with Crippen molar-refractivity contribution in [2.24, 2.45) is 0 Å². The molecule has 17 nitrogen and oxygen atoms in total. The molecule has 3 aromatic rings. The van der Waals surface area contributed by atoms with Crippen molar-refractivity contribution in [3.8, 4) is 34.3 Å². The van der Waals surface area contributed by atoms with Crippen LogP contribution in [0, 0.1) is 0 Å². The number of ether oxygens (including phenoxy) is 5. The van der Waals surface area contributed by atoms with Crippen molar-refractivity contribution >= 4 is 16.9 Å². The Balaban J connectivity index is 1.55. The number of carbonyl (C=O) groups is 1. The molecule has 17 heteroatoms. The van der Waals surface area contributed by atoms with E-state index in [0.29, 0.717) is 0 Å². The van der Waals surface area contributed by atoms with Gasteiger partial charge in [-0.25, -0.2) is 0 Å². The summed E-state index contributed by atoms with van der Waals surface area (Å²) in [4.78, 5) is 25.1. The fourth-order valence-corrected chi connectivity index (χ4v) is 5.00. The van der Waals surface area contributed by atoms with Crippen LogP contribution in [0.25, 0.3) is 22.3 Å². The van der Waals surface area contributed by atoms with Gasteiger partial charge in [0.05, 0.1) is 6.61 Å². The molecule has 2 aliphatic rings. The molecule has 0 radical (unpaired) electrons. The number of aliphatic hydroxyl groups is 7. The molecule has 10 atom stereocenters. The molecule has 9 N–H and O–H groups in total. The van der Waals surface area contributed by atoms with E-state index in [-0.39, 0.29) is 28.4 Å². The van der Waals surface area contributed by atoms with Gasteiger partial charge in [-0.3, -0.25) is 9.59 Å². The van der Waals surface area contributed by atoms with Crippen LogP contribution in [-0.2, 0) is 19.0 Å². The Hall–Kier alpha value is -4.04. The molecule has 0 spiro atoms. The highest BCUT2D eigenvalue weighted by atomic mass is 16.7. The first-order valence-electron chi connectivity index (χ1n) is 13.9. The van der Waals surface area contributed by atoms with E-state index in [0.717, 1.165) is 19.1 Å². The molecule has 1 aromatic heterocycles. The summed E-state index contributed by atoms with van der Waals surface area (Å²) in [5.74, 6) is -2.76. The summed E-state index contributed by atoms with van der Waals surface area (Å²) in [6.07, 6.45) is -16.8. The second-order valence-electron chi connectivity index (χ2n) is 10.7. The van der Waals surface area contributed by atoms with Crippen molar-refractivity contribution in [2.45, 2.75) is 68.3 Å². The highest BCUT2D eigenvalue weighted by Gasteiger charge is 2.47. The number of hydrogen-bond acceptors (Lipinski definition) is 17. The first-order valence-corrected chi connectivity index (χ1v) is 13.9. The number of phenolic OH excluding ortho intramolecular Hbond substituents is 2. The molecule has 2 saturated heterocycles. The lowest BCUT2D eigenvalue weighted by Gasteiger charge is -2.39. The number of esters is 1. The van der Waals surface area contributed by atoms with Crippen LogP contribution in [0.2, 0.25) is 0 Å². The van der Waals surface area contributed by atoms with Gasteiger partial charge in [-0.05, 0) is 24.3 Å². The van der Waals surface area contributed by atoms with Crippen LogP contribution in [-0.4, -0.2) is 127 Å². The molecular weight excluding hydrogens is 620 g/mol. The predicted molar refractivity (Wildman–Crippen MR) is 150 cm³/mol. The van der Waals surface area contributed by atoms with E-state index >= 15 is 0 Å². The molecule has 0 amide bonds. The van der Waals surface area contributed by atoms with Crippen LogP contribution in [0.1, 0.15) is 6.92 Å². The largest absolute Gasteiger partial charge is 0.508 e. The Bertz CT molecular complexity index is 1600. The van der Waals surface area contributed by atoms with E-state index < -0.39 is 103 Å². The number of fused-ring (bicyclic) bond motifs is 1. The van der Waals surface area contributed by atoms with Gasteiger partial charge in [0, 0.05) is 24.6 Å². The second kappa shape index (κ2) is 13.4. The molecule has 0 aliphatic carbocycles. The molecule has 0 bridgehead atoms. The van der Waals surface area contributed by atoms with Crippen molar-refractivity contribution in [3.05, 3.63) is 46.6 Å². The van der Waals surface area contributed by atoms with E-state index in [4.69, 9.17) is 28.1 Å². The lowest BCUT2D eigenvalue weighted by Crippen LogP contribution is -2.60. The van der Waals surface area contributed by atoms with Gasteiger partial charge in [-0.1, -0.05) is 0 Å². The molecule has 2 aromatic carbocycles. The zero-order valence-corrected chi connectivity index (χ0v) is 23.9. The number of benzene rings is 2. The zero-order valence-electron chi connectivity index (χ0n) is 23.9. The third kappa shape index (κ3) is 6.45. The fourth-order valence-electron chi connectivity index (χ4n) is 5.00. The van der Waals surface area contributed by atoms with Gasteiger partial charge in [0.15, 0.2) is 5.76 Å². The molecule has 5 rings (SSSR count). The lowest BCUT2D eigenvalue weighted by molar-refractivity contribution is -0.278. The molecule has 2 fully saturated rings. The van der Waals surface area contributed by atoms with E-state index in [9.17, 15) is 55.5 Å². The molecule has 2 aliphatic heterocycles. The summed E-state index contributed by atoms with van der Waals surface area (Å²) < 4.78 is 33.0. The summed E-state index contributed by atoms with van der Waals surface area (Å²) in [7, 11) is 0. The van der Waals surface area contributed by atoms with Gasteiger partial charge in [0.1, 0.15) is 83.7 Å². The highest BCUT2D eigenvalue weighted by Crippen LogP contribution is 2.38. The SMILES string of the molecule is CC(=O)OC[C@@H]1O[C@@H](Oc2c(-c3ccc(O)cc3)oc3cc(O[C@@H]4O[C@@H](CO)[C@@H](O)[C@H](O)[C@H]4O)cc(O)c3c2=O)[C@@H](O)[C@@H](O)[C@@H]1O. The van der Waals surface area contributed by atoms with Crippen molar-refractivity contribution in [3.63, 3.8) is 0 Å². The molecule has 3 heterocycles. The molecule has 46 heavy (non-hydrogen) atoms. The van der Waals surface area contributed by atoms with E-state index in [1.165, 1.54) is 24.3 Å². The van der Waals surface area contributed by atoms with Gasteiger partial charge in [-0.2, -0.15) is 0 Å².